The maximum Gasteiger partial charge on any atom is 0.311 e. The number of hydrazone groups is 1. The van der Waals surface area contributed by atoms with Crippen LogP contribution in [0.4, 0.5) is 5.13 Å². The highest BCUT2D eigenvalue weighted by Gasteiger charge is 2.08. The van der Waals surface area contributed by atoms with Crippen molar-refractivity contribution in [3.63, 3.8) is 0 Å². The molecule has 1 N–H and O–H groups in total. The van der Waals surface area contributed by atoms with E-state index in [1.54, 1.807) is 13.1 Å². The fraction of sp³-hybridized carbons (Fsp3) is 0.316. The normalized spacial score (nSPS) is 10.7. The molecule has 1 aromatic carbocycles. The molecule has 0 bridgehead atoms. The minimum Gasteiger partial charge on any atom is -0.494 e. The van der Waals surface area contributed by atoms with Crippen LogP contribution in [-0.2, 0) is 22.4 Å². The summed E-state index contributed by atoms with van der Waals surface area (Å²) >= 11 is 1.39. The van der Waals surface area contributed by atoms with Crippen molar-refractivity contribution in [2.45, 2.75) is 26.7 Å². The molecule has 2 rings (SSSR count). The van der Waals surface area contributed by atoms with Gasteiger partial charge in [0, 0.05) is 5.38 Å². The van der Waals surface area contributed by atoms with Crippen molar-refractivity contribution in [1.82, 2.24) is 4.98 Å². The number of allylic oxidation sites excluding steroid dienone is 1. The van der Waals surface area contributed by atoms with Gasteiger partial charge in [-0.2, -0.15) is 5.10 Å². The minimum atomic E-state index is -0.281. The van der Waals surface area contributed by atoms with Gasteiger partial charge in [-0.1, -0.05) is 6.08 Å². The Morgan fingerprint density at radius 1 is 1.38 bits per heavy atom. The lowest BCUT2D eigenvalue weighted by atomic mass is 10.1. The SMILES string of the molecule is C=CCc1cc(C=NNc2nc(CC(=O)OCC)cs2)ccc1OCC. The Balaban J connectivity index is 1.97. The van der Waals surface area contributed by atoms with E-state index in [9.17, 15) is 4.79 Å². The Hall–Kier alpha value is -2.67. The topological polar surface area (TPSA) is 72.8 Å². The van der Waals surface area contributed by atoms with Crippen LogP contribution in [-0.4, -0.2) is 30.4 Å². The van der Waals surface area contributed by atoms with Gasteiger partial charge in [0.1, 0.15) is 5.75 Å². The number of aromatic nitrogens is 1. The van der Waals surface area contributed by atoms with Gasteiger partial charge in [0.25, 0.3) is 0 Å². The van der Waals surface area contributed by atoms with Crippen LogP contribution in [0.2, 0.25) is 0 Å². The summed E-state index contributed by atoms with van der Waals surface area (Å²) < 4.78 is 10.5. The number of nitrogens with zero attached hydrogens (tertiary/aromatic N) is 2. The Kier molecular flexibility index (Phi) is 7.82. The molecule has 0 saturated carbocycles. The van der Waals surface area contributed by atoms with Gasteiger partial charge in [0.2, 0.25) is 5.13 Å². The first-order valence-electron chi connectivity index (χ1n) is 8.42. The molecular weight excluding hydrogens is 350 g/mol. The van der Waals surface area contributed by atoms with E-state index in [2.05, 4.69) is 22.1 Å². The molecule has 0 radical (unpaired) electrons. The second kappa shape index (κ2) is 10.4. The highest BCUT2D eigenvalue weighted by molar-refractivity contribution is 7.13. The lowest BCUT2D eigenvalue weighted by Crippen LogP contribution is -2.07. The number of benzene rings is 1. The lowest BCUT2D eigenvalue weighted by molar-refractivity contribution is -0.142. The van der Waals surface area contributed by atoms with E-state index in [0.717, 1.165) is 23.3 Å². The van der Waals surface area contributed by atoms with Crippen LogP contribution in [0.1, 0.15) is 30.7 Å². The molecule has 0 saturated heterocycles. The Bertz CT molecular complexity index is 771. The summed E-state index contributed by atoms with van der Waals surface area (Å²) in [5.74, 6) is 0.582. The first kappa shape index (κ1) is 19.7. The zero-order chi connectivity index (χ0) is 18.8. The average molecular weight is 373 g/mol. The van der Waals surface area contributed by atoms with Crippen molar-refractivity contribution in [2.75, 3.05) is 18.6 Å². The smallest absolute Gasteiger partial charge is 0.311 e. The maximum atomic E-state index is 11.5. The molecule has 0 amide bonds. The largest absolute Gasteiger partial charge is 0.494 e. The lowest BCUT2D eigenvalue weighted by Gasteiger charge is -2.09. The summed E-state index contributed by atoms with van der Waals surface area (Å²) in [4.78, 5) is 15.8. The number of nitrogens with one attached hydrogen (secondary N) is 1. The standard InChI is InChI=1S/C19H23N3O3S/c1-4-7-15-10-14(8-9-17(15)24-5-2)12-20-22-19-21-16(13-26-19)11-18(23)25-6-3/h4,8-10,12-13H,1,5-7,11H2,2-3H3,(H,21,22). The van der Waals surface area contributed by atoms with Crippen LogP contribution < -0.4 is 10.2 Å². The Morgan fingerprint density at radius 3 is 2.96 bits per heavy atom. The summed E-state index contributed by atoms with van der Waals surface area (Å²) in [5, 5.41) is 6.64. The number of thiazole rings is 1. The van der Waals surface area contributed by atoms with Gasteiger partial charge in [-0.25, -0.2) is 4.98 Å². The van der Waals surface area contributed by atoms with E-state index in [4.69, 9.17) is 9.47 Å². The summed E-state index contributed by atoms with van der Waals surface area (Å²) in [6, 6.07) is 5.90. The number of anilines is 1. The molecule has 2 aromatic rings. The quantitative estimate of drug-likeness (QED) is 0.297. The van der Waals surface area contributed by atoms with Gasteiger partial charge < -0.3 is 9.47 Å². The van der Waals surface area contributed by atoms with E-state index in [0.29, 0.717) is 24.0 Å². The number of carbonyl (C=O) groups is 1. The second-order valence-electron chi connectivity index (χ2n) is 5.29. The molecule has 0 atom stereocenters. The van der Waals surface area contributed by atoms with Gasteiger partial charge in [0.05, 0.1) is 31.5 Å². The van der Waals surface area contributed by atoms with Crippen LogP contribution >= 0.6 is 11.3 Å². The molecule has 0 unspecified atom stereocenters. The maximum absolute atomic E-state index is 11.5. The van der Waals surface area contributed by atoms with Crippen molar-refractivity contribution < 1.29 is 14.3 Å². The van der Waals surface area contributed by atoms with Crippen molar-refractivity contribution in [3.05, 3.63) is 53.1 Å². The van der Waals surface area contributed by atoms with E-state index in [1.807, 2.05) is 36.6 Å². The van der Waals surface area contributed by atoms with Gasteiger partial charge in [-0.05, 0) is 49.6 Å². The summed E-state index contributed by atoms with van der Waals surface area (Å²) in [7, 11) is 0. The summed E-state index contributed by atoms with van der Waals surface area (Å²) in [6.07, 6.45) is 4.46. The van der Waals surface area contributed by atoms with Crippen molar-refractivity contribution in [3.8, 4) is 5.75 Å². The van der Waals surface area contributed by atoms with E-state index < -0.39 is 0 Å². The Morgan fingerprint density at radius 2 is 2.23 bits per heavy atom. The van der Waals surface area contributed by atoms with Crippen LogP contribution in [0.5, 0.6) is 5.75 Å². The third-order valence-electron chi connectivity index (χ3n) is 3.30. The molecule has 138 valence electrons. The van der Waals surface area contributed by atoms with Crippen molar-refractivity contribution >= 4 is 28.7 Å². The highest BCUT2D eigenvalue weighted by atomic mass is 32.1. The molecule has 7 heteroatoms. The first-order chi connectivity index (χ1) is 12.7. The highest BCUT2D eigenvalue weighted by Crippen LogP contribution is 2.21. The predicted molar refractivity (Wildman–Crippen MR) is 105 cm³/mol. The van der Waals surface area contributed by atoms with Crippen LogP contribution in [0.15, 0.2) is 41.3 Å². The molecule has 6 nitrogen and oxygen atoms in total. The number of rotatable bonds is 10. The molecule has 0 spiro atoms. The number of ether oxygens (including phenoxy) is 2. The number of carbonyl (C=O) groups excluding carboxylic acids is 1. The predicted octanol–water partition coefficient (Wildman–Crippen LogP) is 3.82. The zero-order valence-corrected chi connectivity index (χ0v) is 15.8. The Labute approximate surface area is 157 Å². The minimum absolute atomic E-state index is 0.166. The van der Waals surface area contributed by atoms with Crippen LogP contribution in [0.3, 0.4) is 0 Å². The van der Waals surface area contributed by atoms with Gasteiger partial charge in [0.15, 0.2) is 0 Å². The van der Waals surface area contributed by atoms with Gasteiger partial charge >= 0.3 is 5.97 Å². The molecule has 0 aliphatic heterocycles. The number of hydrogen-bond donors (Lipinski definition) is 1. The zero-order valence-electron chi connectivity index (χ0n) is 15.0. The third kappa shape index (κ3) is 6.00. The molecule has 0 fully saturated rings. The van der Waals surface area contributed by atoms with Crippen molar-refractivity contribution in [2.24, 2.45) is 5.10 Å². The average Bonchev–Trinajstić information content (AvgIpc) is 3.05. The third-order valence-corrected chi connectivity index (χ3v) is 4.10. The summed E-state index contributed by atoms with van der Waals surface area (Å²) in [5.41, 5.74) is 5.56. The molecule has 0 aliphatic carbocycles. The molecule has 26 heavy (non-hydrogen) atoms. The number of hydrogen-bond acceptors (Lipinski definition) is 7. The van der Waals surface area contributed by atoms with Gasteiger partial charge in [-0.15, -0.1) is 17.9 Å². The molecule has 0 aliphatic rings. The van der Waals surface area contributed by atoms with Gasteiger partial charge in [-0.3, -0.25) is 10.2 Å². The van der Waals surface area contributed by atoms with Crippen molar-refractivity contribution in [1.29, 1.82) is 0 Å². The second-order valence-corrected chi connectivity index (χ2v) is 6.15. The van der Waals surface area contributed by atoms with E-state index in [1.165, 1.54) is 11.3 Å². The van der Waals surface area contributed by atoms with E-state index >= 15 is 0 Å². The monoisotopic (exact) mass is 373 g/mol. The molecule has 1 heterocycles. The molecule has 1 aromatic heterocycles. The first-order valence-corrected chi connectivity index (χ1v) is 9.29. The summed E-state index contributed by atoms with van der Waals surface area (Å²) in [6.45, 7) is 8.51. The van der Waals surface area contributed by atoms with Crippen LogP contribution in [0, 0.1) is 0 Å². The fourth-order valence-corrected chi connectivity index (χ4v) is 2.91. The molecular formula is C19H23N3O3S. The number of esters is 1. The fourth-order valence-electron chi connectivity index (χ4n) is 2.25. The van der Waals surface area contributed by atoms with E-state index in [-0.39, 0.29) is 12.4 Å². The van der Waals surface area contributed by atoms with Crippen LogP contribution in [0.25, 0.3) is 0 Å².